The number of carbonyl (C=O) groups excluding carboxylic acids is 2. The highest BCUT2D eigenvalue weighted by Gasteiger charge is 2.30. The maximum absolute atomic E-state index is 12.0. The van der Waals surface area contributed by atoms with Crippen molar-refractivity contribution in [3.8, 4) is 5.75 Å². The van der Waals surface area contributed by atoms with Gasteiger partial charge in [0.15, 0.2) is 6.61 Å². The minimum Gasteiger partial charge on any atom is -0.456 e. The van der Waals surface area contributed by atoms with E-state index in [2.05, 4.69) is 10.1 Å². The van der Waals surface area contributed by atoms with Crippen molar-refractivity contribution in [1.29, 1.82) is 0 Å². The van der Waals surface area contributed by atoms with Gasteiger partial charge in [-0.25, -0.2) is 0 Å². The summed E-state index contributed by atoms with van der Waals surface area (Å²) in [6, 6.07) is 4.65. The number of carbonyl (C=O) groups is 2. The lowest BCUT2D eigenvalue weighted by Crippen LogP contribution is -2.21. The standard InChI is InChI=1S/C16H16F3NO4/c17-16(18,19)24-13-7-5-12(6-8-13)20-14(21)10-23-15(22)9-11-3-1-2-4-11/h1,3,5-8,11H,2,4,9-10H2,(H,20,21)/t11-/m1/s1. The zero-order valence-electron chi connectivity index (χ0n) is 12.6. The van der Waals surface area contributed by atoms with Crippen LogP contribution in [0.1, 0.15) is 19.3 Å². The Morgan fingerprint density at radius 3 is 2.50 bits per heavy atom. The van der Waals surface area contributed by atoms with Crippen LogP contribution in [-0.4, -0.2) is 24.8 Å². The molecule has 1 aliphatic carbocycles. The van der Waals surface area contributed by atoms with Crippen LogP contribution in [0.5, 0.6) is 5.75 Å². The van der Waals surface area contributed by atoms with Crippen molar-refractivity contribution in [2.75, 3.05) is 11.9 Å². The van der Waals surface area contributed by atoms with Crippen molar-refractivity contribution in [3.05, 3.63) is 36.4 Å². The van der Waals surface area contributed by atoms with Crippen LogP contribution in [0.15, 0.2) is 36.4 Å². The zero-order chi connectivity index (χ0) is 17.6. The van der Waals surface area contributed by atoms with E-state index in [1.165, 1.54) is 12.1 Å². The fourth-order valence-corrected chi connectivity index (χ4v) is 2.22. The second-order valence-electron chi connectivity index (χ2n) is 5.25. The van der Waals surface area contributed by atoms with Gasteiger partial charge in [0.1, 0.15) is 5.75 Å². The van der Waals surface area contributed by atoms with Crippen LogP contribution in [0, 0.1) is 5.92 Å². The normalized spacial score (nSPS) is 16.7. The van der Waals surface area contributed by atoms with E-state index >= 15 is 0 Å². The highest BCUT2D eigenvalue weighted by atomic mass is 19.4. The van der Waals surface area contributed by atoms with Crippen molar-refractivity contribution < 1.29 is 32.2 Å². The Morgan fingerprint density at radius 1 is 1.21 bits per heavy atom. The first kappa shape index (κ1) is 17.8. The Hall–Kier alpha value is -2.51. The van der Waals surface area contributed by atoms with Crippen molar-refractivity contribution in [1.82, 2.24) is 0 Å². The molecule has 1 N–H and O–H groups in total. The summed E-state index contributed by atoms with van der Waals surface area (Å²) in [6.07, 6.45) is 1.24. The number of amides is 1. The summed E-state index contributed by atoms with van der Waals surface area (Å²) in [6.45, 7) is -0.448. The average molecular weight is 343 g/mol. The van der Waals surface area contributed by atoms with Crippen LogP contribution in [0.2, 0.25) is 0 Å². The summed E-state index contributed by atoms with van der Waals surface area (Å²) in [5.74, 6) is -1.27. The predicted molar refractivity (Wildman–Crippen MR) is 79.2 cm³/mol. The number of hydrogen-bond donors (Lipinski definition) is 1. The number of anilines is 1. The van der Waals surface area contributed by atoms with Crippen molar-refractivity contribution in [3.63, 3.8) is 0 Å². The molecule has 1 aliphatic rings. The molecule has 2 rings (SSSR count). The summed E-state index contributed by atoms with van der Waals surface area (Å²) in [7, 11) is 0. The van der Waals surface area contributed by atoms with Gasteiger partial charge in [0.2, 0.25) is 0 Å². The summed E-state index contributed by atoms with van der Waals surface area (Å²) in [5, 5.41) is 2.41. The first-order valence-corrected chi connectivity index (χ1v) is 7.30. The lowest BCUT2D eigenvalue weighted by atomic mass is 10.1. The molecule has 5 nitrogen and oxygen atoms in total. The van der Waals surface area contributed by atoms with Crippen LogP contribution in [0.25, 0.3) is 0 Å². The number of benzene rings is 1. The lowest BCUT2D eigenvalue weighted by Gasteiger charge is -2.10. The van der Waals surface area contributed by atoms with Gasteiger partial charge in [0.25, 0.3) is 5.91 Å². The van der Waals surface area contributed by atoms with Crippen LogP contribution in [0.3, 0.4) is 0 Å². The van der Waals surface area contributed by atoms with Crippen molar-refractivity contribution in [2.24, 2.45) is 5.92 Å². The summed E-state index contributed by atoms with van der Waals surface area (Å²) in [5.41, 5.74) is 0.268. The molecule has 0 aromatic heterocycles. The van der Waals surface area contributed by atoms with Gasteiger partial charge in [-0.2, -0.15) is 0 Å². The van der Waals surface area contributed by atoms with E-state index in [1.54, 1.807) is 0 Å². The molecule has 8 heteroatoms. The Labute approximate surface area is 136 Å². The third-order valence-corrected chi connectivity index (χ3v) is 3.28. The van der Waals surface area contributed by atoms with E-state index in [1.807, 2.05) is 12.2 Å². The fraction of sp³-hybridized carbons (Fsp3) is 0.375. The van der Waals surface area contributed by atoms with Gasteiger partial charge in [-0.1, -0.05) is 12.2 Å². The first-order valence-electron chi connectivity index (χ1n) is 7.30. The quantitative estimate of drug-likeness (QED) is 0.635. The SMILES string of the molecule is O=C(COC(=O)C[C@@H]1C=CCC1)Nc1ccc(OC(F)(F)F)cc1. The lowest BCUT2D eigenvalue weighted by molar-refractivity contribution is -0.274. The summed E-state index contributed by atoms with van der Waals surface area (Å²) in [4.78, 5) is 23.2. The van der Waals surface area contributed by atoms with Gasteiger partial charge in [0.05, 0.1) is 6.42 Å². The summed E-state index contributed by atoms with van der Waals surface area (Å²) >= 11 is 0. The number of ether oxygens (including phenoxy) is 2. The molecule has 0 heterocycles. The third kappa shape index (κ3) is 6.31. The second kappa shape index (κ2) is 7.85. The maximum Gasteiger partial charge on any atom is 0.573 e. The van der Waals surface area contributed by atoms with Gasteiger partial charge in [-0.05, 0) is 43.0 Å². The molecule has 0 unspecified atom stereocenters. The average Bonchev–Trinajstić information content (AvgIpc) is 2.99. The fourth-order valence-electron chi connectivity index (χ4n) is 2.22. The number of halogens is 3. The smallest absolute Gasteiger partial charge is 0.456 e. The number of rotatable bonds is 6. The van der Waals surface area contributed by atoms with E-state index in [9.17, 15) is 22.8 Å². The Morgan fingerprint density at radius 2 is 1.92 bits per heavy atom. The topological polar surface area (TPSA) is 64.6 Å². The highest BCUT2D eigenvalue weighted by molar-refractivity contribution is 5.92. The first-order chi connectivity index (χ1) is 11.3. The summed E-state index contributed by atoms with van der Waals surface area (Å²) < 4.78 is 44.7. The van der Waals surface area contributed by atoms with Crippen LogP contribution in [-0.2, 0) is 14.3 Å². The molecule has 1 amide bonds. The van der Waals surface area contributed by atoms with Gasteiger partial charge >= 0.3 is 12.3 Å². The minimum absolute atomic E-state index is 0.154. The molecule has 0 saturated heterocycles. The molecule has 1 aromatic rings. The Bertz CT molecular complexity index is 611. The molecule has 0 saturated carbocycles. The second-order valence-corrected chi connectivity index (χ2v) is 5.25. The van der Waals surface area contributed by atoms with Gasteiger partial charge < -0.3 is 14.8 Å². The number of allylic oxidation sites excluding steroid dienone is 2. The molecule has 24 heavy (non-hydrogen) atoms. The van der Waals surface area contributed by atoms with E-state index in [0.29, 0.717) is 0 Å². The number of nitrogens with one attached hydrogen (secondary N) is 1. The predicted octanol–water partition coefficient (Wildman–Crippen LogP) is 3.42. The Balaban J connectivity index is 1.73. The van der Waals surface area contributed by atoms with E-state index in [0.717, 1.165) is 25.0 Å². The molecule has 0 bridgehead atoms. The molecule has 1 aromatic carbocycles. The molecule has 0 aliphatic heterocycles. The van der Waals surface area contributed by atoms with Crippen molar-refractivity contribution >= 4 is 17.6 Å². The molecule has 0 radical (unpaired) electrons. The molecule has 130 valence electrons. The Kier molecular flexibility index (Phi) is 5.83. The number of esters is 1. The monoisotopic (exact) mass is 343 g/mol. The molecule has 1 atom stereocenters. The van der Waals surface area contributed by atoms with E-state index < -0.39 is 30.6 Å². The largest absolute Gasteiger partial charge is 0.573 e. The third-order valence-electron chi connectivity index (χ3n) is 3.28. The molecular weight excluding hydrogens is 327 g/mol. The maximum atomic E-state index is 12.0. The minimum atomic E-state index is -4.77. The number of hydrogen-bond acceptors (Lipinski definition) is 4. The molecule has 0 fully saturated rings. The van der Waals surface area contributed by atoms with Gasteiger partial charge in [-0.15, -0.1) is 13.2 Å². The zero-order valence-corrected chi connectivity index (χ0v) is 12.6. The van der Waals surface area contributed by atoms with Crippen molar-refractivity contribution in [2.45, 2.75) is 25.6 Å². The van der Waals surface area contributed by atoms with Crippen LogP contribution in [0.4, 0.5) is 18.9 Å². The highest BCUT2D eigenvalue weighted by Crippen LogP contribution is 2.24. The van der Waals surface area contributed by atoms with E-state index in [-0.39, 0.29) is 18.0 Å². The van der Waals surface area contributed by atoms with Gasteiger partial charge in [-0.3, -0.25) is 9.59 Å². The molecular formula is C16H16F3NO4. The number of alkyl halides is 3. The van der Waals surface area contributed by atoms with Crippen LogP contribution >= 0.6 is 0 Å². The van der Waals surface area contributed by atoms with Gasteiger partial charge in [0, 0.05) is 5.69 Å². The molecule has 0 spiro atoms. The van der Waals surface area contributed by atoms with E-state index in [4.69, 9.17) is 4.74 Å². The van der Waals surface area contributed by atoms with Crippen LogP contribution < -0.4 is 10.1 Å².